The molecule has 3 nitrogen and oxygen atoms in total. The second kappa shape index (κ2) is 11.9. The molecule has 1 unspecified atom stereocenters. The molecule has 0 aliphatic heterocycles. The molecule has 0 fully saturated rings. The molecular weight excluding hydrogens is 212 g/mol. The van der Waals surface area contributed by atoms with Crippen molar-refractivity contribution in [2.45, 2.75) is 71.8 Å². The summed E-state index contributed by atoms with van der Waals surface area (Å²) in [5.74, 6) is 0.135. The van der Waals surface area contributed by atoms with E-state index in [1.165, 1.54) is 32.1 Å². The number of hydrogen-bond acceptors (Lipinski definition) is 2. The van der Waals surface area contributed by atoms with Crippen LogP contribution in [0, 0.1) is 0 Å². The minimum Gasteiger partial charge on any atom is -0.355 e. The smallest absolute Gasteiger partial charge is 0.233 e. The summed E-state index contributed by atoms with van der Waals surface area (Å²) in [6.45, 7) is 7.82. The first-order valence-corrected chi connectivity index (χ1v) is 7.24. The molecule has 0 bridgehead atoms. The zero-order chi connectivity index (χ0) is 12.9. The first-order valence-electron chi connectivity index (χ1n) is 7.24. The number of hydrogen-bond donors (Lipinski definition) is 2. The zero-order valence-corrected chi connectivity index (χ0v) is 11.8. The molecule has 3 heteroatoms. The van der Waals surface area contributed by atoms with Crippen LogP contribution in [-0.4, -0.2) is 25.0 Å². The number of unbranched alkanes of at least 4 members (excludes halogenated alkanes) is 2. The van der Waals surface area contributed by atoms with Gasteiger partial charge < -0.3 is 10.6 Å². The van der Waals surface area contributed by atoms with Gasteiger partial charge in [0.15, 0.2) is 0 Å². The van der Waals surface area contributed by atoms with Crippen molar-refractivity contribution in [3.8, 4) is 0 Å². The van der Waals surface area contributed by atoms with Crippen molar-refractivity contribution in [3.05, 3.63) is 0 Å². The van der Waals surface area contributed by atoms with Crippen LogP contribution in [0.2, 0.25) is 0 Å². The van der Waals surface area contributed by atoms with Gasteiger partial charge in [-0.2, -0.15) is 0 Å². The highest BCUT2D eigenvalue weighted by Gasteiger charge is 2.08. The van der Waals surface area contributed by atoms with Crippen molar-refractivity contribution in [1.29, 1.82) is 0 Å². The molecule has 0 aliphatic carbocycles. The summed E-state index contributed by atoms with van der Waals surface area (Å²) in [4.78, 5) is 11.5. The molecule has 0 saturated heterocycles. The predicted molar refractivity (Wildman–Crippen MR) is 74.1 cm³/mol. The first kappa shape index (κ1) is 16.4. The predicted octanol–water partition coefficient (Wildman–Crippen LogP) is 2.85. The molecule has 1 amide bonds. The van der Waals surface area contributed by atoms with E-state index in [1.807, 2.05) is 0 Å². The van der Waals surface area contributed by atoms with E-state index in [-0.39, 0.29) is 5.91 Å². The van der Waals surface area contributed by atoms with Gasteiger partial charge in [-0.3, -0.25) is 4.79 Å². The highest BCUT2D eigenvalue weighted by Crippen LogP contribution is 2.06. The molecule has 0 radical (unpaired) electrons. The van der Waals surface area contributed by atoms with Gasteiger partial charge in [0.05, 0.1) is 6.54 Å². The molecule has 0 aliphatic rings. The van der Waals surface area contributed by atoms with E-state index < -0.39 is 0 Å². The van der Waals surface area contributed by atoms with Gasteiger partial charge in [-0.15, -0.1) is 0 Å². The van der Waals surface area contributed by atoms with Crippen molar-refractivity contribution in [3.63, 3.8) is 0 Å². The van der Waals surface area contributed by atoms with Gasteiger partial charge in [0.2, 0.25) is 5.91 Å². The van der Waals surface area contributed by atoms with Crippen LogP contribution >= 0.6 is 0 Å². The maximum atomic E-state index is 11.5. The lowest BCUT2D eigenvalue weighted by Crippen LogP contribution is -2.39. The van der Waals surface area contributed by atoms with Crippen LogP contribution in [0.4, 0.5) is 0 Å². The van der Waals surface area contributed by atoms with Crippen LogP contribution in [-0.2, 0) is 4.79 Å². The quantitative estimate of drug-likeness (QED) is 0.547. The maximum absolute atomic E-state index is 11.5. The van der Waals surface area contributed by atoms with Crippen LogP contribution < -0.4 is 10.6 Å². The Labute approximate surface area is 107 Å². The van der Waals surface area contributed by atoms with Gasteiger partial charge in [0.25, 0.3) is 0 Å². The molecule has 17 heavy (non-hydrogen) atoms. The lowest BCUT2D eigenvalue weighted by atomic mass is 10.1. The third-order valence-electron chi connectivity index (χ3n) is 2.95. The summed E-state index contributed by atoms with van der Waals surface area (Å²) < 4.78 is 0. The Morgan fingerprint density at radius 2 is 1.71 bits per heavy atom. The van der Waals surface area contributed by atoms with Crippen molar-refractivity contribution in [2.75, 3.05) is 13.1 Å². The maximum Gasteiger partial charge on any atom is 0.233 e. The molecule has 0 heterocycles. The third-order valence-corrected chi connectivity index (χ3v) is 2.95. The summed E-state index contributed by atoms with van der Waals surface area (Å²) in [6, 6.07) is 0.511. The molecule has 102 valence electrons. The van der Waals surface area contributed by atoms with Crippen molar-refractivity contribution < 1.29 is 4.79 Å². The van der Waals surface area contributed by atoms with Gasteiger partial charge in [-0.1, -0.05) is 46.5 Å². The van der Waals surface area contributed by atoms with E-state index in [4.69, 9.17) is 0 Å². The van der Waals surface area contributed by atoms with Crippen LogP contribution in [0.25, 0.3) is 0 Å². The number of rotatable bonds is 11. The minimum atomic E-state index is 0.135. The Balaban J connectivity index is 3.66. The highest BCUT2D eigenvalue weighted by atomic mass is 16.1. The van der Waals surface area contributed by atoms with Gasteiger partial charge in [0, 0.05) is 12.6 Å². The largest absolute Gasteiger partial charge is 0.355 e. The average molecular weight is 242 g/mol. The molecule has 2 N–H and O–H groups in total. The number of carbonyl (C=O) groups is 1. The van der Waals surface area contributed by atoms with Gasteiger partial charge in [0.1, 0.15) is 0 Å². The van der Waals surface area contributed by atoms with Crippen LogP contribution in [0.1, 0.15) is 65.7 Å². The number of amides is 1. The van der Waals surface area contributed by atoms with Crippen molar-refractivity contribution in [1.82, 2.24) is 10.6 Å². The van der Waals surface area contributed by atoms with Crippen LogP contribution in [0.3, 0.4) is 0 Å². The van der Waals surface area contributed by atoms with Crippen LogP contribution in [0.15, 0.2) is 0 Å². The fourth-order valence-corrected chi connectivity index (χ4v) is 1.85. The summed E-state index contributed by atoms with van der Waals surface area (Å²) in [7, 11) is 0. The first-order chi connectivity index (χ1) is 8.24. The molecule has 0 aromatic carbocycles. The SMILES string of the molecule is CCCCNC(=O)CNC(CCC)CCCC. The second-order valence-electron chi connectivity index (χ2n) is 4.71. The van der Waals surface area contributed by atoms with Crippen molar-refractivity contribution >= 4 is 5.91 Å². The molecule has 0 aromatic heterocycles. The monoisotopic (exact) mass is 242 g/mol. The topological polar surface area (TPSA) is 41.1 Å². The van der Waals surface area contributed by atoms with E-state index in [9.17, 15) is 4.79 Å². The third kappa shape index (κ3) is 10.3. The number of nitrogens with one attached hydrogen (secondary N) is 2. The fourth-order valence-electron chi connectivity index (χ4n) is 1.85. The Morgan fingerprint density at radius 3 is 2.29 bits per heavy atom. The van der Waals surface area contributed by atoms with E-state index in [0.717, 1.165) is 19.4 Å². The van der Waals surface area contributed by atoms with Crippen molar-refractivity contribution in [2.24, 2.45) is 0 Å². The van der Waals surface area contributed by atoms with E-state index in [0.29, 0.717) is 12.6 Å². The zero-order valence-electron chi connectivity index (χ0n) is 11.8. The van der Waals surface area contributed by atoms with Gasteiger partial charge in [-0.05, 0) is 19.3 Å². The van der Waals surface area contributed by atoms with Gasteiger partial charge >= 0.3 is 0 Å². The minimum absolute atomic E-state index is 0.135. The van der Waals surface area contributed by atoms with Crippen LogP contribution in [0.5, 0.6) is 0 Å². The summed E-state index contributed by atoms with van der Waals surface area (Å²) >= 11 is 0. The van der Waals surface area contributed by atoms with E-state index in [2.05, 4.69) is 31.4 Å². The van der Waals surface area contributed by atoms with Gasteiger partial charge in [-0.25, -0.2) is 0 Å². The second-order valence-corrected chi connectivity index (χ2v) is 4.71. The Kier molecular flexibility index (Phi) is 11.5. The fraction of sp³-hybridized carbons (Fsp3) is 0.929. The molecule has 1 atom stereocenters. The van der Waals surface area contributed by atoms with E-state index >= 15 is 0 Å². The molecule has 0 saturated carbocycles. The molecule has 0 aromatic rings. The lowest BCUT2D eigenvalue weighted by Gasteiger charge is -2.17. The van der Waals surface area contributed by atoms with E-state index in [1.54, 1.807) is 0 Å². The summed E-state index contributed by atoms with van der Waals surface area (Å²) in [5.41, 5.74) is 0. The average Bonchev–Trinajstić information content (AvgIpc) is 2.33. The number of carbonyl (C=O) groups excluding carboxylic acids is 1. The molecular formula is C14H30N2O. The summed E-state index contributed by atoms with van der Waals surface area (Å²) in [5, 5.41) is 6.31. The Morgan fingerprint density at radius 1 is 1.00 bits per heavy atom. The lowest BCUT2D eigenvalue weighted by molar-refractivity contribution is -0.120. The normalized spacial score (nSPS) is 12.4. The summed E-state index contributed by atoms with van der Waals surface area (Å²) in [6.07, 6.45) is 8.20. The Bertz CT molecular complexity index is 183. The molecule has 0 spiro atoms. The Hall–Kier alpha value is -0.570. The highest BCUT2D eigenvalue weighted by molar-refractivity contribution is 5.77. The standard InChI is InChI=1S/C14H30N2O/c1-4-7-10-13(9-6-3)16-12-14(17)15-11-8-5-2/h13,16H,4-12H2,1-3H3,(H,15,17). The molecule has 0 rings (SSSR count).